The fraction of sp³-hybridized carbons (Fsp3) is 0.625. The topological polar surface area (TPSA) is 38.9 Å². The Hall–Kier alpha value is -0.410. The second kappa shape index (κ2) is 2.57. The van der Waals surface area contributed by atoms with Crippen LogP contribution in [0.3, 0.4) is 0 Å². The molecule has 1 aliphatic rings. The van der Waals surface area contributed by atoms with E-state index in [2.05, 4.69) is 4.98 Å². The van der Waals surface area contributed by atoms with Crippen molar-refractivity contribution in [2.45, 2.75) is 19.3 Å². The molecule has 0 atom stereocenters. The van der Waals surface area contributed by atoms with Crippen LogP contribution in [0.5, 0.6) is 0 Å². The Balaban J connectivity index is 2.01. The summed E-state index contributed by atoms with van der Waals surface area (Å²) in [7, 11) is 0. The molecule has 2 N–H and O–H groups in total. The van der Waals surface area contributed by atoms with Crippen molar-refractivity contribution in [3.8, 4) is 0 Å². The number of hydrogen-bond donors (Lipinski definition) is 1. The van der Waals surface area contributed by atoms with Gasteiger partial charge in [0.15, 0.2) is 0 Å². The molecule has 0 radical (unpaired) electrons. The van der Waals surface area contributed by atoms with E-state index < -0.39 is 0 Å². The van der Waals surface area contributed by atoms with Crippen molar-refractivity contribution in [3.63, 3.8) is 0 Å². The van der Waals surface area contributed by atoms with Crippen LogP contribution >= 0.6 is 11.3 Å². The molecular weight excluding hydrogens is 156 g/mol. The van der Waals surface area contributed by atoms with Gasteiger partial charge in [0, 0.05) is 18.0 Å². The average Bonchev–Trinajstić information content (AvgIpc) is 2.59. The van der Waals surface area contributed by atoms with E-state index >= 15 is 0 Å². The molecule has 11 heavy (non-hydrogen) atoms. The van der Waals surface area contributed by atoms with Gasteiger partial charge in [-0.1, -0.05) is 0 Å². The summed E-state index contributed by atoms with van der Waals surface area (Å²) >= 11 is 1.74. The predicted octanol–water partition coefficient (Wildman–Crippen LogP) is 1.42. The van der Waals surface area contributed by atoms with Crippen LogP contribution in [0, 0.1) is 5.41 Å². The molecule has 0 unspecified atom stereocenters. The number of thiazole rings is 1. The van der Waals surface area contributed by atoms with Crippen LogP contribution in [-0.4, -0.2) is 11.5 Å². The molecule has 0 saturated heterocycles. The first-order valence-corrected chi connectivity index (χ1v) is 4.81. The zero-order valence-electron chi connectivity index (χ0n) is 6.42. The van der Waals surface area contributed by atoms with Crippen LogP contribution in [0.4, 0.5) is 0 Å². The molecule has 1 saturated carbocycles. The van der Waals surface area contributed by atoms with E-state index in [4.69, 9.17) is 5.73 Å². The lowest BCUT2D eigenvalue weighted by molar-refractivity contribution is 0.520. The second-order valence-electron chi connectivity index (χ2n) is 3.31. The third-order valence-corrected chi connectivity index (χ3v) is 3.18. The summed E-state index contributed by atoms with van der Waals surface area (Å²) in [5, 5.41) is 3.27. The highest BCUT2D eigenvalue weighted by molar-refractivity contribution is 7.09. The molecule has 0 spiro atoms. The average molecular weight is 168 g/mol. The minimum Gasteiger partial charge on any atom is -0.330 e. The molecule has 2 rings (SSSR count). The van der Waals surface area contributed by atoms with Crippen LogP contribution < -0.4 is 5.73 Å². The summed E-state index contributed by atoms with van der Waals surface area (Å²) in [6.45, 7) is 0.826. The summed E-state index contributed by atoms with van der Waals surface area (Å²) in [6.07, 6.45) is 5.56. The molecule has 60 valence electrons. The Labute approximate surface area is 70.5 Å². The van der Waals surface area contributed by atoms with E-state index in [0.29, 0.717) is 5.41 Å². The Bertz CT molecular complexity index is 226. The number of aromatic nitrogens is 1. The molecule has 0 amide bonds. The van der Waals surface area contributed by atoms with Gasteiger partial charge in [0.2, 0.25) is 0 Å². The van der Waals surface area contributed by atoms with Gasteiger partial charge in [0.1, 0.15) is 0 Å². The number of nitrogens with two attached hydrogens (primary N) is 1. The van der Waals surface area contributed by atoms with Gasteiger partial charge in [-0.05, 0) is 24.8 Å². The highest BCUT2D eigenvalue weighted by Crippen LogP contribution is 2.47. The van der Waals surface area contributed by atoms with Gasteiger partial charge in [-0.3, -0.25) is 0 Å². The first-order valence-electron chi connectivity index (χ1n) is 3.93. The third kappa shape index (κ3) is 1.44. The Morgan fingerprint density at radius 2 is 2.45 bits per heavy atom. The molecule has 0 aliphatic heterocycles. The van der Waals surface area contributed by atoms with E-state index in [-0.39, 0.29) is 0 Å². The summed E-state index contributed by atoms with van der Waals surface area (Å²) < 4.78 is 0. The van der Waals surface area contributed by atoms with Crippen LogP contribution in [0.25, 0.3) is 0 Å². The molecule has 1 aromatic heterocycles. The molecule has 3 heteroatoms. The largest absolute Gasteiger partial charge is 0.330 e. The summed E-state index contributed by atoms with van der Waals surface area (Å²) in [6, 6.07) is 0. The maximum absolute atomic E-state index is 5.66. The van der Waals surface area contributed by atoms with Crippen LogP contribution in [0.1, 0.15) is 17.8 Å². The maximum Gasteiger partial charge on any atom is 0.0930 e. The quantitative estimate of drug-likeness (QED) is 0.741. The molecule has 2 nitrogen and oxygen atoms in total. The van der Waals surface area contributed by atoms with E-state index in [1.165, 1.54) is 17.8 Å². The molecule has 1 fully saturated rings. The standard InChI is InChI=1S/C8H12N2S/c9-6-8(1-2-8)5-7-10-3-4-11-7/h3-4H,1-2,5-6,9H2. The first kappa shape index (κ1) is 7.25. The lowest BCUT2D eigenvalue weighted by Gasteiger charge is -2.08. The Morgan fingerprint density at radius 1 is 1.64 bits per heavy atom. The number of rotatable bonds is 3. The van der Waals surface area contributed by atoms with Gasteiger partial charge in [-0.2, -0.15) is 0 Å². The number of nitrogens with zero attached hydrogens (tertiary/aromatic N) is 1. The Morgan fingerprint density at radius 3 is 2.91 bits per heavy atom. The fourth-order valence-electron chi connectivity index (χ4n) is 1.29. The molecular formula is C8H12N2S. The van der Waals surface area contributed by atoms with Crippen LogP contribution in [0.15, 0.2) is 11.6 Å². The van der Waals surface area contributed by atoms with Crippen molar-refractivity contribution < 1.29 is 0 Å². The molecule has 0 aromatic carbocycles. The molecule has 1 heterocycles. The number of hydrogen-bond acceptors (Lipinski definition) is 3. The van der Waals surface area contributed by atoms with Crippen molar-refractivity contribution >= 4 is 11.3 Å². The minimum absolute atomic E-state index is 0.442. The van der Waals surface area contributed by atoms with Crippen molar-refractivity contribution in [2.75, 3.05) is 6.54 Å². The van der Waals surface area contributed by atoms with E-state index in [1.54, 1.807) is 11.3 Å². The molecule has 1 aliphatic carbocycles. The van der Waals surface area contributed by atoms with Crippen LogP contribution in [-0.2, 0) is 6.42 Å². The van der Waals surface area contributed by atoms with Gasteiger partial charge in [-0.25, -0.2) is 4.98 Å². The van der Waals surface area contributed by atoms with Crippen molar-refractivity contribution in [3.05, 3.63) is 16.6 Å². The van der Waals surface area contributed by atoms with Gasteiger partial charge < -0.3 is 5.73 Å². The summed E-state index contributed by atoms with van der Waals surface area (Å²) in [4.78, 5) is 4.25. The zero-order chi connectivity index (χ0) is 7.73. The lowest BCUT2D eigenvalue weighted by Crippen LogP contribution is -2.17. The maximum atomic E-state index is 5.66. The van der Waals surface area contributed by atoms with E-state index in [0.717, 1.165) is 13.0 Å². The van der Waals surface area contributed by atoms with Gasteiger partial charge >= 0.3 is 0 Å². The second-order valence-corrected chi connectivity index (χ2v) is 4.29. The zero-order valence-corrected chi connectivity index (χ0v) is 7.23. The molecule has 1 aromatic rings. The lowest BCUT2D eigenvalue weighted by atomic mass is 10.0. The fourth-order valence-corrected chi connectivity index (χ4v) is 2.08. The van der Waals surface area contributed by atoms with Crippen LogP contribution in [0.2, 0.25) is 0 Å². The minimum atomic E-state index is 0.442. The third-order valence-electron chi connectivity index (χ3n) is 2.40. The van der Waals surface area contributed by atoms with Gasteiger partial charge in [0.05, 0.1) is 5.01 Å². The smallest absolute Gasteiger partial charge is 0.0930 e. The van der Waals surface area contributed by atoms with Gasteiger partial charge in [0.25, 0.3) is 0 Å². The normalized spacial score (nSPS) is 20.1. The summed E-state index contributed by atoms with van der Waals surface area (Å²) in [5.41, 5.74) is 6.10. The molecule has 0 bridgehead atoms. The van der Waals surface area contributed by atoms with Crippen molar-refractivity contribution in [1.82, 2.24) is 4.98 Å². The van der Waals surface area contributed by atoms with Crippen molar-refractivity contribution in [2.24, 2.45) is 11.1 Å². The highest BCUT2D eigenvalue weighted by atomic mass is 32.1. The monoisotopic (exact) mass is 168 g/mol. The van der Waals surface area contributed by atoms with E-state index in [9.17, 15) is 0 Å². The summed E-state index contributed by atoms with van der Waals surface area (Å²) in [5.74, 6) is 0. The predicted molar refractivity (Wildman–Crippen MR) is 46.5 cm³/mol. The van der Waals surface area contributed by atoms with E-state index in [1.807, 2.05) is 11.6 Å². The SMILES string of the molecule is NCC1(Cc2nccs2)CC1. The first-order chi connectivity index (χ1) is 5.35. The van der Waals surface area contributed by atoms with Crippen molar-refractivity contribution in [1.29, 1.82) is 0 Å². The Kier molecular flexibility index (Phi) is 1.69. The van der Waals surface area contributed by atoms with Gasteiger partial charge in [-0.15, -0.1) is 11.3 Å². The highest BCUT2D eigenvalue weighted by Gasteiger charge is 2.41.